The molecule has 24 heavy (non-hydrogen) atoms. The Bertz CT molecular complexity index is 733. The first-order valence-corrected chi connectivity index (χ1v) is 8.49. The Hall–Kier alpha value is -2.22. The highest BCUT2D eigenvalue weighted by atomic mass is 16.5. The number of likely N-dealkylation sites (tertiary alicyclic amines) is 1. The first-order chi connectivity index (χ1) is 11.7. The number of nitrogens with zero attached hydrogens (tertiary/aromatic N) is 5. The second kappa shape index (κ2) is 6.35. The van der Waals surface area contributed by atoms with Gasteiger partial charge in [0.15, 0.2) is 0 Å². The highest BCUT2D eigenvalue weighted by Crippen LogP contribution is 2.40. The Morgan fingerprint density at radius 2 is 2.12 bits per heavy atom. The molecule has 1 saturated heterocycles. The van der Waals surface area contributed by atoms with E-state index in [0.717, 1.165) is 43.0 Å². The highest BCUT2D eigenvalue weighted by molar-refractivity contribution is 5.71. The largest absolute Gasteiger partial charge is 0.468 e. The third-order valence-electron chi connectivity index (χ3n) is 4.81. The molecule has 4 rings (SSSR count). The fraction of sp³-hybridized carbons (Fsp3) is 0.625. The minimum absolute atomic E-state index is 0.171. The van der Waals surface area contributed by atoms with Crippen molar-refractivity contribution in [1.29, 1.82) is 0 Å². The summed E-state index contributed by atoms with van der Waals surface area (Å²) < 4.78 is 6.50. The number of piperidine rings is 1. The first-order valence-electron chi connectivity index (χ1n) is 8.49. The molecular formula is C16H22N6O2. The molecule has 0 radical (unpaired) electrons. The predicted molar refractivity (Wildman–Crippen MR) is 87.9 cm³/mol. The fourth-order valence-electron chi connectivity index (χ4n) is 3.23. The molecule has 8 nitrogen and oxygen atoms in total. The molecule has 2 aromatic rings. The summed E-state index contributed by atoms with van der Waals surface area (Å²) in [6.45, 7) is 2.14. The average molecular weight is 330 g/mol. The lowest BCUT2D eigenvalue weighted by atomic mass is 10.0. The molecule has 2 fully saturated rings. The van der Waals surface area contributed by atoms with Crippen molar-refractivity contribution in [2.45, 2.75) is 37.6 Å². The molecule has 1 saturated carbocycles. The van der Waals surface area contributed by atoms with Gasteiger partial charge in [0.05, 0.1) is 25.0 Å². The number of hydrogen-bond acceptors (Lipinski definition) is 7. The zero-order valence-electron chi connectivity index (χ0n) is 13.8. The van der Waals surface area contributed by atoms with Crippen LogP contribution in [0, 0.1) is 0 Å². The summed E-state index contributed by atoms with van der Waals surface area (Å²) in [5.41, 5.74) is 2.90. The smallest absolute Gasteiger partial charge is 0.319 e. The van der Waals surface area contributed by atoms with E-state index in [9.17, 15) is 4.79 Å². The quantitative estimate of drug-likeness (QED) is 0.820. The summed E-state index contributed by atoms with van der Waals surface area (Å²) in [5.74, 6) is 0.411. The van der Waals surface area contributed by atoms with Gasteiger partial charge in [-0.2, -0.15) is 9.61 Å². The van der Waals surface area contributed by atoms with Gasteiger partial charge in [-0.05, 0) is 31.7 Å². The molecule has 1 aliphatic carbocycles. The molecule has 0 spiro atoms. The summed E-state index contributed by atoms with van der Waals surface area (Å²) in [4.78, 5) is 13.5. The number of hydrogen-bond donors (Lipinski definition) is 1. The molecule has 2 aromatic heterocycles. The van der Waals surface area contributed by atoms with Gasteiger partial charge in [-0.25, -0.2) is 0 Å². The van der Waals surface area contributed by atoms with Gasteiger partial charge >= 0.3 is 5.97 Å². The number of methoxy groups -OCH3 is 1. The van der Waals surface area contributed by atoms with Crippen LogP contribution < -0.4 is 5.32 Å². The van der Waals surface area contributed by atoms with Crippen LogP contribution in [0.2, 0.25) is 0 Å². The van der Waals surface area contributed by atoms with Crippen LogP contribution in [0.1, 0.15) is 37.3 Å². The zero-order valence-corrected chi connectivity index (χ0v) is 13.8. The molecule has 0 atom stereocenters. The van der Waals surface area contributed by atoms with E-state index in [1.54, 1.807) is 10.8 Å². The number of ether oxygens (including phenoxy) is 1. The predicted octanol–water partition coefficient (Wildman–Crippen LogP) is 1.05. The molecule has 128 valence electrons. The Morgan fingerprint density at radius 3 is 2.83 bits per heavy atom. The molecule has 2 aliphatic rings. The third kappa shape index (κ3) is 3.19. The van der Waals surface area contributed by atoms with E-state index in [1.807, 2.05) is 0 Å². The van der Waals surface area contributed by atoms with Crippen LogP contribution in [-0.4, -0.2) is 63.5 Å². The number of esters is 1. The van der Waals surface area contributed by atoms with Gasteiger partial charge in [0, 0.05) is 25.0 Å². The molecular weight excluding hydrogens is 308 g/mol. The number of nitrogens with one attached hydrogen (secondary N) is 1. The summed E-state index contributed by atoms with van der Waals surface area (Å²) in [7, 11) is 1.43. The number of carbonyl (C=O) groups excluding carboxylic acids is 1. The van der Waals surface area contributed by atoms with E-state index in [0.29, 0.717) is 18.5 Å². The van der Waals surface area contributed by atoms with Crippen LogP contribution >= 0.6 is 0 Å². The van der Waals surface area contributed by atoms with Crippen molar-refractivity contribution in [1.82, 2.24) is 24.7 Å². The van der Waals surface area contributed by atoms with Crippen molar-refractivity contribution in [3.05, 3.63) is 18.1 Å². The molecule has 1 N–H and O–H groups in total. The molecule has 3 heterocycles. The minimum Gasteiger partial charge on any atom is -0.468 e. The number of aromatic nitrogens is 4. The summed E-state index contributed by atoms with van der Waals surface area (Å²) >= 11 is 0. The van der Waals surface area contributed by atoms with Gasteiger partial charge in [0.2, 0.25) is 5.65 Å². The van der Waals surface area contributed by atoms with Crippen molar-refractivity contribution in [3.8, 4) is 0 Å². The lowest BCUT2D eigenvalue weighted by molar-refractivity contribution is -0.142. The van der Waals surface area contributed by atoms with Crippen LogP contribution in [0.25, 0.3) is 5.65 Å². The van der Waals surface area contributed by atoms with Gasteiger partial charge in [-0.3, -0.25) is 9.69 Å². The minimum atomic E-state index is -0.171. The maximum absolute atomic E-state index is 11.4. The topological polar surface area (TPSA) is 84.7 Å². The van der Waals surface area contributed by atoms with E-state index in [-0.39, 0.29) is 5.97 Å². The van der Waals surface area contributed by atoms with Crippen molar-refractivity contribution < 1.29 is 9.53 Å². The standard InChI is InChI=1S/C16H22N6O2/c1-24-15(23)9-21-6-4-12(5-7-21)18-14-8-13(11-2-3-11)20-22-10-17-19-16(14)22/h8,10-12,18H,2-7,9H2,1H3. The SMILES string of the molecule is COC(=O)CN1CCC(Nc2cc(C3CC3)nn3cnnc23)CC1. The van der Waals surface area contributed by atoms with Crippen LogP contribution in [0.3, 0.4) is 0 Å². The van der Waals surface area contributed by atoms with Gasteiger partial charge in [-0.1, -0.05) is 0 Å². The number of fused-ring (bicyclic) bond motifs is 1. The lowest BCUT2D eigenvalue weighted by Crippen LogP contribution is -2.41. The molecule has 0 unspecified atom stereocenters. The second-order valence-electron chi connectivity index (χ2n) is 6.63. The van der Waals surface area contributed by atoms with Gasteiger partial charge in [0.1, 0.15) is 6.33 Å². The lowest BCUT2D eigenvalue weighted by Gasteiger charge is -2.32. The van der Waals surface area contributed by atoms with Gasteiger partial charge in [-0.15, -0.1) is 10.2 Å². The Kier molecular flexibility index (Phi) is 4.05. The Morgan fingerprint density at radius 1 is 1.33 bits per heavy atom. The highest BCUT2D eigenvalue weighted by Gasteiger charge is 2.27. The van der Waals surface area contributed by atoms with E-state index in [1.165, 1.54) is 20.0 Å². The number of carbonyl (C=O) groups is 1. The van der Waals surface area contributed by atoms with Crippen LogP contribution in [-0.2, 0) is 9.53 Å². The van der Waals surface area contributed by atoms with Gasteiger partial charge in [0.25, 0.3) is 0 Å². The zero-order chi connectivity index (χ0) is 16.5. The van der Waals surface area contributed by atoms with Gasteiger partial charge < -0.3 is 10.1 Å². The van der Waals surface area contributed by atoms with Crippen molar-refractivity contribution in [3.63, 3.8) is 0 Å². The molecule has 8 heteroatoms. The van der Waals surface area contributed by atoms with E-state index >= 15 is 0 Å². The number of anilines is 1. The molecule has 0 amide bonds. The normalized spacial score (nSPS) is 19.5. The Labute approximate surface area is 140 Å². The number of rotatable bonds is 5. The summed E-state index contributed by atoms with van der Waals surface area (Å²) in [6, 6.07) is 2.50. The fourth-order valence-corrected chi connectivity index (χ4v) is 3.23. The second-order valence-corrected chi connectivity index (χ2v) is 6.63. The van der Waals surface area contributed by atoms with Crippen LogP contribution in [0.5, 0.6) is 0 Å². The Balaban J connectivity index is 1.43. The molecule has 0 bridgehead atoms. The maximum Gasteiger partial charge on any atom is 0.319 e. The average Bonchev–Trinajstić information content (AvgIpc) is 3.34. The third-order valence-corrected chi connectivity index (χ3v) is 4.81. The first kappa shape index (κ1) is 15.3. The van der Waals surface area contributed by atoms with Crippen molar-refractivity contribution >= 4 is 17.3 Å². The van der Waals surface area contributed by atoms with Crippen LogP contribution in [0.4, 0.5) is 5.69 Å². The van der Waals surface area contributed by atoms with E-state index in [2.05, 4.69) is 31.6 Å². The van der Waals surface area contributed by atoms with E-state index in [4.69, 9.17) is 4.74 Å². The summed E-state index contributed by atoms with van der Waals surface area (Å²) in [6.07, 6.45) is 6.06. The summed E-state index contributed by atoms with van der Waals surface area (Å²) in [5, 5.41) is 16.4. The monoisotopic (exact) mass is 330 g/mol. The maximum atomic E-state index is 11.4. The van der Waals surface area contributed by atoms with Crippen LogP contribution in [0.15, 0.2) is 12.4 Å². The van der Waals surface area contributed by atoms with E-state index < -0.39 is 0 Å². The van der Waals surface area contributed by atoms with Crippen molar-refractivity contribution in [2.24, 2.45) is 0 Å². The van der Waals surface area contributed by atoms with Crippen molar-refractivity contribution in [2.75, 3.05) is 32.1 Å². The molecule has 0 aromatic carbocycles. The molecule has 1 aliphatic heterocycles.